The zero-order valence-corrected chi connectivity index (χ0v) is 18.5. The fourth-order valence-electron chi connectivity index (χ4n) is 3.00. The monoisotopic (exact) mass is 455 g/mol. The molecule has 3 aromatic carbocycles. The number of hydrogen-bond donors (Lipinski definition) is 1. The fourth-order valence-corrected chi connectivity index (χ4v) is 3.96. The first kappa shape index (κ1) is 21.5. The Hall–Kier alpha value is -2.74. The minimum absolute atomic E-state index is 0.200. The molecule has 1 aromatic heterocycles. The smallest absolute Gasteiger partial charge is 0.191 e. The molecule has 0 aliphatic rings. The van der Waals surface area contributed by atoms with Gasteiger partial charge in [-0.05, 0) is 35.7 Å². The maximum absolute atomic E-state index is 10.4. The molecule has 31 heavy (non-hydrogen) atoms. The van der Waals surface area contributed by atoms with Crippen LogP contribution in [0.15, 0.2) is 71.9 Å². The van der Waals surface area contributed by atoms with E-state index in [1.807, 2.05) is 54.1 Å². The van der Waals surface area contributed by atoms with Gasteiger partial charge in [-0.2, -0.15) is 0 Å². The first-order chi connectivity index (χ1) is 15.1. The number of benzene rings is 3. The topological polar surface area (TPSA) is 69.4 Å². The lowest BCUT2D eigenvalue weighted by Gasteiger charge is -2.13. The molecule has 0 spiro atoms. The van der Waals surface area contributed by atoms with Gasteiger partial charge in [-0.25, -0.2) is 0 Å². The number of thioether (sulfide) groups is 1. The molecule has 8 heteroatoms. The minimum Gasteiger partial charge on any atom is -0.490 e. The summed E-state index contributed by atoms with van der Waals surface area (Å²) in [5.74, 6) is 2.61. The van der Waals surface area contributed by atoms with Crippen LogP contribution in [-0.4, -0.2) is 38.3 Å². The molecule has 0 radical (unpaired) electrons. The third kappa shape index (κ3) is 5.50. The van der Waals surface area contributed by atoms with E-state index in [4.69, 9.17) is 21.1 Å². The predicted octanol–water partition coefficient (Wildman–Crippen LogP) is 4.73. The van der Waals surface area contributed by atoms with Crippen LogP contribution >= 0.6 is 23.4 Å². The van der Waals surface area contributed by atoms with Crippen molar-refractivity contribution in [1.29, 1.82) is 0 Å². The lowest BCUT2D eigenvalue weighted by Crippen LogP contribution is -2.20. The Morgan fingerprint density at radius 3 is 2.61 bits per heavy atom. The van der Waals surface area contributed by atoms with Gasteiger partial charge in [0.1, 0.15) is 24.7 Å². The van der Waals surface area contributed by atoms with E-state index < -0.39 is 6.10 Å². The predicted molar refractivity (Wildman–Crippen MR) is 123 cm³/mol. The van der Waals surface area contributed by atoms with Gasteiger partial charge >= 0.3 is 0 Å². The van der Waals surface area contributed by atoms with E-state index in [9.17, 15) is 5.11 Å². The average Bonchev–Trinajstić information content (AvgIpc) is 3.15. The fraction of sp³-hybridized carbons (Fsp3) is 0.217. The van der Waals surface area contributed by atoms with Gasteiger partial charge in [0, 0.05) is 23.2 Å². The molecule has 0 unspecified atom stereocenters. The second kappa shape index (κ2) is 10.0. The van der Waals surface area contributed by atoms with Crippen molar-refractivity contribution >= 4 is 34.1 Å². The summed E-state index contributed by atoms with van der Waals surface area (Å²) < 4.78 is 13.5. The standard InChI is InChI=1S/C23H22ClN3O3S/c1-27-22(14-29-19-11-9-17(24)10-12-19)25-26-23(27)31-15-18(28)13-30-21-8-4-6-16-5-2-3-7-20(16)21/h2-12,18,28H,13-15H2,1H3/t18-/m1/s1. The molecule has 1 atom stereocenters. The van der Waals surface area contributed by atoms with Gasteiger partial charge in [-0.3, -0.25) is 0 Å². The molecule has 1 N–H and O–H groups in total. The number of aromatic nitrogens is 3. The molecule has 6 nitrogen and oxygen atoms in total. The molecular formula is C23H22ClN3O3S. The highest BCUT2D eigenvalue weighted by molar-refractivity contribution is 7.99. The van der Waals surface area contributed by atoms with Crippen LogP contribution < -0.4 is 9.47 Å². The summed E-state index contributed by atoms with van der Waals surface area (Å²) in [4.78, 5) is 0. The summed E-state index contributed by atoms with van der Waals surface area (Å²) in [6, 6.07) is 21.1. The van der Waals surface area contributed by atoms with Crippen molar-refractivity contribution in [2.45, 2.75) is 17.9 Å². The summed E-state index contributed by atoms with van der Waals surface area (Å²) >= 11 is 7.31. The van der Waals surface area contributed by atoms with Crippen molar-refractivity contribution in [3.8, 4) is 11.5 Å². The number of hydrogen-bond acceptors (Lipinski definition) is 6. The SMILES string of the molecule is Cn1c(COc2ccc(Cl)cc2)nnc1SC[C@H](O)COc1cccc2ccccc12. The van der Waals surface area contributed by atoms with Crippen LogP contribution in [-0.2, 0) is 13.7 Å². The number of aliphatic hydroxyl groups excluding tert-OH is 1. The van der Waals surface area contributed by atoms with Crippen molar-refractivity contribution in [3.63, 3.8) is 0 Å². The Bertz CT molecular complexity index is 1150. The Balaban J connectivity index is 1.28. The Morgan fingerprint density at radius 2 is 1.77 bits per heavy atom. The highest BCUT2D eigenvalue weighted by Gasteiger charge is 2.14. The Morgan fingerprint density at radius 1 is 1.00 bits per heavy atom. The first-order valence-corrected chi connectivity index (χ1v) is 11.1. The van der Waals surface area contributed by atoms with E-state index >= 15 is 0 Å². The molecule has 1 heterocycles. The highest BCUT2D eigenvalue weighted by atomic mass is 35.5. The molecule has 0 aliphatic carbocycles. The average molecular weight is 456 g/mol. The maximum Gasteiger partial charge on any atom is 0.191 e. The molecule has 160 valence electrons. The van der Waals surface area contributed by atoms with Crippen LogP contribution in [0.4, 0.5) is 0 Å². The van der Waals surface area contributed by atoms with Gasteiger partial charge in [0.15, 0.2) is 11.0 Å². The van der Waals surface area contributed by atoms with E-state index in [1.165, 1.54) is 11.8 Å². The van der Waals surface area contributed by atoms with E-state index in [0.717, 1.165) is 16.5 Å². The number of rotatable bonds is 9. The van der Waals surface area contributed by atoms with Crippen molar-refractivity contribution in [2.75, 3.05) is 12.4 Å². The van der Waals surface area contributed by atoms with Crippen LogP contribution in [0.3, 0.4) is 0 Å². The Labute approximate surface area is 189 Å². The van der Waals surface area contributed by atoms with Crippen LogP contribution in [0, 0.1) is 0 Å². The summed E-state index contributed by atoms with van der Waals surface area (Å²) in [5, 5.41) is 22.3. The van der Waals surface area contributed by atoms with Crippen molar-refractivity contribution in [1.82, 2.24) is 14.8 Å². The Kier molecular flexibility index (Phi) is 6.96. The maximum atomic E-state index is 10.4. The lowest BCUT2D eigenvalue weighted by molar-refractivity contribution is 0.127. The summed E-state index contributed by atoms with van der Waals surface area (Å²) in [5.41, 5.74) is 0. The minimum atomic E-state index is -0.644. The van der Waals surface area contributed by atoms with Crippen molar-refractivity contribution < 1.29 is 14.6 Å². The van der Waals surface area contributed by atoms with E-state index in [2.05, 4.69) is 10.2 Å². The summed E-state index contributed by atoms with van der Waals surface area (Å²) in [6.07, 6.45) is -0.644. The van der Waals surface area contributed by atoms with E-state index in [1.54, 1.807) is 24.3 Å². The molecule has 0 saturated heterocycles. The van der Waals surface area contributed by atoms with Crippen molar-refractivity contribution in [3.05, 3.63) is 77.6 Å². The molecule has 0 amide bonds. The number of ether oxygens (including phenoxy) is 2. The van der Waals surface area contributed by atoms with Crippen LogP contribution in [0.25, 0.3) is 10.8 Å². The number of aliphatic hydroxyl groups is 1. The van der Waals surface area contributed by atoms with Crippen LogP contribution in [0.2, 0.25) is 5.02 Å². The van der Waals surface area contributed by atoms with Gasteiger partial charge in [0.25, 0.3) is 0 Å². The lowest BCUT2D eigenvalue weighted by atomic mass is 10.1. The zero-order valence-electron chi connectivity index (χ0n) is 16.9. The van der Waals surface area contributed by atoms with Gasteiger partial charge < -0.3 is 19.1 Å². The highest BCUT2D eigenvalue weighted by Crippen LogP contribution is 2.26. The third-order valence-electron chi connectivity index (χ3n) is 4.69. The largest absolute Gasteiger partial charge is 0.490 e. The molecular weight excluding hydrogens is 434 g/mol. The molecule has 0 bridgehead atoms. The van der Waals surface area contributed by atoms with E-state index in [-0.39, 0.29) is 6.61 Å². The molecule has 0 aliphatic heterocycles. The van der Waals surface area contributed by atoms with Gasteiger partial charge in [-0.1, -0.05) is 59.8 Å². The summed E-state index contributed by atoms with van der Waals surface area (Å²) in [6.45, 7) is 0.490. The van der Waals surface area contributed by atoms with Crippen molar-refractivity contribution in [2.24, 2.45) is 7.05 Å². The molecule has 0 saturated carbocycles. The van der Waals surface area contributed by atoms with Crippen LogP contribution in [0.5, 0.6) is 11.5 Å². The second-order valence-corrected chi connectivity index (χ2v) is 8.38. The first-order valence-electron chi connectivity index (χ1n) is 9.78. The van der Waals surface area contributed by atoms with Gasteiger partial charge in [0.05, 0.1) is 6.10 Å². The molecule has 4 rings (SSSR count). The zero-order chi connectivity index (χ0) is 21.6. The summed E-state index contributed by atoms with van der Waals surface area (Å²) in [7, 11) is 1.88. The van der Waals surface area contributed by atoms with Gasteiger partial charge in [0.2, 0.25) is 0 Å². The normalized spacial score (nSPS) is 12.1. The molecule has 4 aromatic rings. The number of nitrogens with zero attached hydrogens (tertiary/aromatic N) is 3. The van der Waals surface area contributed by atoms with Crippen LogP contribution in [0.1, 0.15) is 5.82 Å². The third-order valence-corrected chi connectivity index (χ3v) is 6.11. The second-order valence-electron chi connectivity index (χ2n) is 6.95. The number of halogens is 1. The molecule has 0 fully saturated rings. The number of fused-ring (bicyclic) bond motifs is 1. The quantitative estimate of drug-likeness (QED) is 0.368. The van der Waals surface area contributed by atoms with Gasteiger partial charge in [-0.15, -0.1) is 10.2 Å². The van der Waals surface area contributed by atoms with E-state index in [0.29, 0.717) is 34.1 Å².